The van der Waals surface area contributed by atoms with Crippen LogP contribution in [0.4, 0.5) is 11.5 Å². The molecule has 4 rings (SSSR count). The van der Waals surface area contributed by atoms with Gasteiger partial charge in [-0.05, 0) is 57.0 Å². The number of piperidine rings is 1. The lowest BCUT2D eigenvalue weighted by Gasteiger charge is -2.24. The zero-order chi connectivity index (χ0) is 20.5. The minimum Gasteiger partial charge on any atom is -0.506 e. The standard InChI is InChI=1S/C20H25ClN6O2/c21-14-3-1-2-13(18(14)28)15(22)10-16-17(23)19(25-20(29)11-4-5-11)26-27(16)12-6-8-24-9-7-12/h1-3,10-12,24,28H,4-9,22-23H2,(H,25,26,29)/b15-10-. The molecule has 1 saturated carbocycles. The van der Waals surface area contributed by atoms with E-state index in [1.165, 1.54) is 0 Å². The Morgan fingerprint density at radius 1 is 1.31 bits per heavy atom. The van der Waals surface area contributed by atoms with E-state index < -0.39 is 0 Å². The molecule has 2 heterocycles. The third-order valence-corrected chi connectivity index (χ3v) is 5.72. The predicted molar refractivity (Wildman–Crippen MR) is 114 cm³/mol. The summed E-state index contributed by atoms with van der Waals surface area (Å²) in [5, 5.41) is 21.3. The molecular weight excluding hydrogens is 392 g/mol. The van der Waals surface area contributed by atoms with Crippen LogP contribution in [0.5, 0.6) is 5.75 Å². The number of carbonyl (C=O) groups is 1. The molecule has 1 aliphatic heterocycles. The Balaban J connectivity index is 1.74. The van der Waals surface area contributed by atoms with E-state index in [1.807, 2.05) is 4.68 Å². The Morgan fingerprint density at radius 3 is 2.72 bits per heavy atom. The SMILES string of the molecule is N/C(=C\c1c(N)c(NC(=O)C2CC2)nn1C1CCNCC1)c1cccc(Cl)c1O. The summed E-state index contributed by atoms with van der Waals surface area (Å²) in [5.74, 6) is 0.264. The number of aromatic nitrogens is 2. The monoisotopic (exact) mass is 416 g/mol. The van der Waals surface area contributed by atoms with Gasteiger partial charge in [-0.3, -0.25) is 9.48 Å². The van der Waals surface area contributed by atoms with Gasteiger partial charge in [-0.25, -0.2) is 0 Å². The molecule has 8 nitrogen and oxygen atoms in total. The van der Waals surface area contributed by atoms with E-state index in [-0.39, 0.29) is 28.6 Å². The second kappa shape index (κ2) is 7.96. The minimum absolute atomic E-state index is 0.0471. The largest absolute Gasteiger partial charge is 0.506 e. The van der Waals surface area contributed by atoms with Gasteiger partial charge in [0.2, 0.25) is 5.91 Å². The number of hydrogen-bond donors (Lipinski definition) is 5. The van der Waals surface area contributed by atoms with E-state index in [2.05, 4.69) is 15.7 Å². The normalized spacial score (nSPS) is 18.0. The van der Waals surface area contributed by atoms with E-state index in [0.29, 0.717) is 28.5 Å². The zero-order valence-electron chi connectivity index (χ0n) is 16.0. The molecule has 0 radical (unpaired) electrons. The van der Waals surface area contributed by atoms with Crippen LogP contribution in [0.15, 0.2) is 18.2 Å². The molecule has 2 aliphatic rings. The third-order valence-electron chi connectivity index (χ3n) is 5.42. The highest BCUT2D eigenvalue weighted by molar-refractivity contribution is 6.32. The van der Waals surface area contributed by atoms with Crippen LogP contribution >= 0.6 is 11.6 Å². The number of nitrogen functional groups attached to an aromatic ring is 1. The summed E-state index contributed by atoms with van der Waals surface area (Å²) < 4.78 is 1.84. The number of amides is 1. The maximum absolute atomic E-state index is 12.2. The van der Waals surface area contributed by atoms with E-state index in [1.54, 1.807) is 24.3 Å². The number of nitrogens with two attached hydrogens (primary N) is 2. The first-order valence-electron chi connectivity index (χ1n) is 9.80. The van der Waals surface area contributed by atoms with Gasteiger partial charge >= 0.3 is 0 Å². The van der Waals surface area contributed by atoms with Crippen LogP contribution in [0, 0.1) is 5.92 Å². The van der Waals surface area contributed by atoms with Crippen LogP contribution < -0.4 is 22.1 Å². The number of anilines is 2. The molecule has 2 fully saturated rings. The van der Waals surface area contributed by atoms with Crippen LogP contribution in [0.3, 0.4) is 0 Å². The van der Waals surface area contributed by atoms with Gasteiger partial charge < -0.3 is 27.2 Å². The topological polar surface area (TPSA) is 131 Å². The summed E-state index contributed by atoms with van der Waals surface area (Å²) in [5.41, 5.74) is 14.4. The van der Waals surface area contributed by atoms with Crippen molar-refractivity contribution < 1.29 is 9.90 Å². The molecule has 9 heteroatoms. The summed E-state index contributed by atoms with van der Waals surface area (Å²) in [7, 11) is 0. The molecule has 0 spiro atoms. The first-order chi connectivity index (χ1) is 14.0. The van der Waals surface area contributed by atoms with Gasteiger partial charge in [-0.15, -0.1) is 0 Å². The van der Waals surface area contributed by atoms with Gasteiger partial charge in [0.1, 0.15) is 11.4 Å². The third kappa shape index (κ3) is 4.04. The Kier molecular flexibility index (Phi) is 5.38. The Labute approximate surface area is 173 Å². The second-order valence-electron chi connectivity index (χ2n) is 7.57. The molecule has 1 saturated heterocycles. The Morgan fingerprint density at radius 2 is 2.03 bits per heavy atom. The number of phenols is 1. The van der Waals surface area contributed by atoms with Crippen molar-refractivity contribution in [1.82, 2.24) is 15.1 Å². The van der Waals surface area contributed by atoms with Crippen molar-refractivity contribution in [2.24, 2.45) is 11.7 Å². The molecule has 1 aliphatic carbocycles. The number of halogens is 1. The summed E-state index contributed by atoms with van der Waals surface area (Å²) in [4.78, 5) is 12.2. The van der Waals surface area contributed by atoms with Gasteiger partial charge in [0.25, 0.3) is 0 Å². The number of hydrogen-bond acceptors (Lipinski definition) is 6. The number of rotatable bonds is 5. The number of nitrogens with zero attached hydrogens (tertiary/aromatic N) is 2. The molecule has 0 bridgehead atoms. The van der Waals surface area contributed by atoms with Crippen LogP contribution in [-0.2, 0) is 4.79 Å². The Bertz CT molecular complexity index is 960. The van der Waals surface area contributed by atoms with E-state index >= 15 is 0 Å². The van der Waals surface area contributed by atoms with Crippen LogP contribution in [-0.4, -0.2) is 33.9 Å². The molecule has 1 aromatic carbocycles. The van der Waals surface area contributed by atoms with E-state index in [9.17, 15) is 9.90 Å². The van der Waals surface area contributed by atoms with E-state index in [0.717, 1.165) is 38.8 Å². The van der Waals surface area contributed by atoms with Crippen molar-refractivity contribution in [3.8, 4) is 5.75 Å². The highest BCUT2D eigenvalue weighted by Gasteiger charge is 2.31. The average Bonchev–Trinajstić information content (AvgIpc) is 3.53. The first kappa shape index (κ1) is 19.6. The molecule has 0 unspecified atom stereocenters. The minimum atomic E-state index is -0.0864. The molecule has 29 heavy (non-hydrogen) atoms. The number of aromatic hydroxyl groups is 1. The lowest BCUT2D eigenvalue weighted by molar-refractivity contribution is -0.117. The quantitative estimate of drug-likeness (QED) is 0.509. The average molecular weight is 417 g/mol. The van der Waals surface area contributed by atoms with Crippen molar-refractivity contribution in [1.29, 1.82) is 0 Å². The molecule has 1 aromatic heterocycles. The van der Waals surface area contributed by atoms with Gasteiger partial charge in [-0.2, -0.15) is 5.10 Å². The molecular formula is C20H25ClN6O2. The van der Waals surface area contributed by atoms with Gasteiger partial charge in [-0.1, -0.05) is 17.7 Å². The summed E-state index contributed by atoms with van der Waals surface area (Å²) in [6.45, 7) is 1.75. The predicted octanol–water partition coefficient (Wildman–Crippen LogP) is 2.55. The lowest BCUT2D eigenvalue weighted by atomic mass is 10.1. The fourth-order valence-electron chi connectivity index (χ4n) is 3.56. The van der Waals surface area contributed by atoms with Gasteiger partial charge in [0, 0.05) is 17.2 Å². The second-order valence-corrected chi connectivity index (χ2v) is 7.98. The molecule has 0 atom stereocenters. The van der Waals surface area contributed by atoms with Crippen LogP contribution in [0.2, 0.25) is 5.02 Å². The number of benzene rings is 1. The van der Waals surface area contributed by atoms with Crippen molar-refractivity contribution >= 4 is 40.8 Å². The number of carbonyl (C=O) groups excluding carboxylic acids is 1. The number of phenolic OH excluding ortho intramolecular Hbond substituents is 1. The maximum atomic E-state index is 12.2. The van der Waals surface area contributed by atoms with E-state index in [4.69, 9.17) is 23.1 Å². The fourth-order valence-corrected chi connectivity index (χ4v) is 3.74. The summed E-state index contributed by atoms with van der Waals surface area (Å²) in [6.07, 6.45) is 5.26. The van der Waals surface area contributed by atoms with Crippen LogP contribution in [0.1, 0.15) is 43.0 Å². The van der Waals surface area contributed by atoms with Crippen molar-refractivity contribution in [2.45, 2.75) is 31.7 Å². The van der Waals surface area contributed by atoms with Gasteiger partial charge in [0.05, 0.1) is 16.8 Å². The summed E-state index contributed by atoms with van der Waals surface area (Å²) >= 11 is 6.01. The number of nitrogens with one attached hydrogen (secondary N) is 2. The fraction of sp³-hybridized carbons (Fsp3) is 0.400. The maximum Gasteiger partial charge on any atom is 0.228 e. The first-order valence-corrected chi connectivity index (χ1v) is 10.2. The highest BCUT2D eigenvalue weighted by atomic mass is 35.5. The number of para-hydroxylation sites is 1. The summed E-state index contributed by atoms with van der Waals surface area (Å²) in [6, 6.07) is 5.13. The van der Waals surface area contributed by atoms with Crippen molar-refractivity contribution in [3.63, 3.8) is 0 Å². The van der Waals surface area contributed by atoms with Crippen molar-refractivity contribution in [2.75, 3.05) is 24.1 Å². The Hall–Kier alpha value is -2.71. The molecule has 2 aromatic rings. The molecule has 154 valence electrons. The highest BCUT2D eigenvalue weighted by Crippen LogP contribution is 2.36. The smallest absolute Gasteiger partial charge is 0.228 e. The van der Waals surface area contributed by atoms with Crippen LogP contribution in [0.25, 0.3) is 11.8 Å². The molecule has 7 N–H and O–H groups in total. The van der Waals surface area contributed by atoms with Crippen molar-refractivity contribution in [3.05, 3.63) is 34.5 Å². The van der Waals surface area contributed by atoms with Gasteiger partial charge in [0.15, 0.2) is 5.82 Å². The lowest BCUT2D eigenvalue weighted by Crippen LogP contribution is -2.30. The molecule has 1 amide bonds. The zero-order valence-corrected chi connectivity index (χ0v) is 16.7.